The Morgan fingerprint density at radius 1 is 1.29 bits per heavy atom. The number of nitrogens with two attached hydrogens (primary N) is 1. The number of hydrogen-bond donors (Lipinski definition) is 2. The molecule has 4 heterocycles. The SMILES string of the molecule is CCn1ncc(-c2cc(C(F)(F)F)nc3sc(C(N)=O)c(NC(=O)c4nn(C)cc4Br)c23)c1C. The van der Waals surface area contributed by atoms with Gasteiger partial charge in [-0.15, -0.1) is 11.3 Å². The van der Waals surface area contributed by atoms with Crippen molar-refractivity contribution >= 4 is 55.0 Å². The predicted octanol–water partition coefficient (Wildman–Crippen LogP) is 4.35. The van der Waals surface area contributed by atoms with Gasteiger partial charge in [0, 0.05) is 36.4 Å². The highest BCUT2D eigenvalue weighted by Crippen LogP contribution is 2.44. The lowest BCUT2D eigenvalue weighted by Crippen LogP contribution is -2.17. The maximum atomic E-state index is 13.7. The van der Waals surface area contributed by atoms with Crippen LogP contribution in [0.15, 0.2) is 22.9 Å². The number of halogens is 4. The zero-order chi connectivity index (χ0) is 24.9. The molecule has 178 valence electrons. The lowest BCUT2D eigenvalue weighted by Gasteiger charge is -2.12. The fourth-order valence-corrected chi connectivity index (χ4v) is 5.13. The molecule has 0 aliphatic carbocycles. The first-order chi connectivity index (χ1) is 15.9. The first-order valence-corrected chi connectivity index (χ1v) is 11.4. The van der Waals surface area contributed by atoms with Gasteiger partial charge in [-0.05, 0) is 41.4 Å². The molecule has 4 aromatic heterocycles. The molecular formula is C20H17BrF3N7O2S. The Hall–Kier alpha value is -3.26. The number of nitrogens with one attached hydrogen (secondary N) is 1. The summed E-state index contributed by atoms with van der Waals surface area (Å²) in [6, 6.07) is 0.885. The highest BCUT2D eigenvalue weighted by atomic mass is 79.9. The summed E-state index contributed by atoms with van der Waals surface area (Å²) in [4.78, 5) is 28.7. The molecule has 0 radical (unpaired) electrons. The standard InChI is InChI=1S/C20H17BrF3N7O2S/c1-4-31-8(2)10(6-26-31)9-5-12(20(22,23)24)27-19-13(9)15(16(34-19)17(25)32)28-18(33)14-11(21)7-30(3)29-14/h5-7H,4H2,1-3H3,(H2,25,32)(H,28,33). The highest BCUT2D eigenvalue weighted by molar-refractivity contribution is 9.10. The molecule has 0 saturated heterocycles. The Labute approximate surface area is 202 Å². The van der Waals surface area contributed by atoms with E-state index in [2.05, 4.69) is 36.4 Å². The maximum Gasteiger partial charge on any atom is 0.433 e. The molecule has 4 rings (SSSR count). The summed E-state index contributed by atoms with van der Waals surface area (Å²) >= 11 is 3.91. The van der Waals surface area contributed by atoms with Crippen molar-refractivity contribution in [2.24, 2.45) is 12.8 Å². The van der Waals surface area contributed by atoms with Crippen molar-refractivity contribution in [2.45, 2.75) is 26.6 Å². The Bertz CT molecular complexity index is 1450. The Kier molecular flexibility index (Phi) is 5.97. The quantitative estimate of drug-likeness (QED) is 0.379. The van der Waals surface area contributed by atoms with Gasteiger partial charge in [0.2, 0.25) is 0 Å². The normalized spacial score (nSPS) is 11.9. The van der Waals surface area contributed by atoms with E-state index >= 15 is 0 Å². The minimum atomic E-state index is -4.74. The van der Waals surface area contributed by atoms with Crippen LogP contribution in [0, 0.1) is 6.92 Å². The smallest absolute Gasteiger partial charge is 0.365 e. The lowest BCUT2D eigenvalue weighted by atomic mass is 10.0. The summed E-state index contributed by atoms with van der Waals surface area (Å²) in [6.45, 7) is 4.06. The summed E-state index contributed by atoms with van der Waals surface area (Å²) in [5, 5.41) is 11.1. The van der Waals surface area contributed by atoms with E-state index in [0.717, 1.165) is 6.07 Å². The highest BCUT2D eigenvalue weighted by Gasteiger charge is 2.35. The third-order valence-electron chi connectivity index (χ3n) is 5.11. The number of anilines is 1. The second-order valence-corrected chi connectivity index (χ2v) is 9.17. The van der Waals surface area contributed by atoms with Crippen molar-refractivity contribution < 1.29 is 22.8 Å². The van der Waals surface area contributed by atoms with Crippen molar-refractivity contribution in [3.8, 4) is 11.1 Å². The number of hydrogen-bond acceptors (Lipinski definition) is 6. The van der Waals surface area contributed by atoms with E-state index in [9.17, 15) is 22.8 Å². The van der Waals surface area contributed by atoms with Crippen LogP contribution in [0.2, 0.25) is 0 Å². The minimum absolute atomic E-state index is 0.0219. The molecule has 0 spiro atoms. The number of aryl methyl sites for hydroxylation is 2. The van der Waals surface area contributed by atoms with Gasteiger partial charge in [-0.25, -0.2) is 4.98 Å². The van der Waals surface area contributed by atoms with Crippen LogP contribution < -0.4 is 11.1 Å². The molecular weight excluding hydrogens is 539 g/mol. The topological polar surface area (TPSA) is 121 Å². The minimum Gasteiger partial charge on any atom is -0.365 e. The molecule has 0 saturated carbocycles. The fourth-order valence-electron chi connectivity index (χ4n) is 3.56. The summed E-state index contributed by atoms with van der Waals surface area (Å²) in [5.74, 6) is -1.60. The van der Waals surface area contributed by atoms with Gasteiger partial charge in [0.15, 0.2) is 5.69 Å². The average molecular weight is 556 g/mol. The van der Waals surface area contributed by atoms with Crippen LogP contribution in [0.4, 0.5) is 18.9 Å². The van der Waals surface area contributed by atoms with E-state index in [4.69, 9.17) is 5.73 Å². The summed E-state index contributed by atoms with van der Waals surface area (Å²) in [7, 11) is 1.62. The van der Waals surface area contributed by atoms with E-state index in [-0.39, 0.29) is 32.0 Å². The maximum absolute atomic E-state index is 13.7. The largest absolute Gasteiger partial charge is 0.433 e. The summed E-state index contributed by atoms with van der Waals surface area (Å²) in [6.07, 6.45) is -1.74. The number of fused-ring (bicyclic) bond motifs is 1. The van der Waals surface area contributed by atoms with E-state index in [1.54, 1.807) is 24.9 Å². The van der Waals surface area contributed by atoms with Gasteiger partial charge in [0.05, 0.1) is 16.4 Å². The van der Waals surface area contributed by atoms with Crippen molar-refractivity contribution in [2.75, 3.05) is 5.32 Å². The van der Waals surface area contributed by atoms with Gasteiger partial charge in [0.1, 0.15) is 15.4 Å². The number of thiophene rings is 1. The van der Waals surface area contributed by atoms with Gasteiger partial charge in [-0.3, -0.25) is 19.0 Å². The molecule has 0 unspecified atom stereocenters. The molecule has 0 atom stereocenters. The van der Waals surface area contributed by atoms with Crippen LogP contribution in [0.25, 0.3) is 21.3 Å². The van der Waals surface area contributed by atoms with Crippen molar-refractivity contribution in [3.05, 3.63) is 44.9 Å². The Morgan fingerprint density at radius 2 is 2.00 bits per heavy atom. The Morgan fingerprint density at radius 3 is 2.53 bits per heavy atom. The fraction of sp³-hybridized carbons (Fsp3) is 0.250. The molecule has 14 heteroatoms. The van der Waals surface area contributed by atoms with Crippen molar-refractivity contribution in [1.29, 1.82) is 0 Å². The molecule has 0 aliphatic heterocycles. The van der Waals surface area contributed by atoms with Crippen molar-refractivity contribution in [3.63, 3.8) is 0 Å². The molecule has 0 aromatic carbocycles. The third kappa shape index (κ3) is 4.07. The monoisotopic (exact) mass is 555 g/mol. The first-order valence-electron chi connectivity index (χ1n) is 9.80. The number of carbonyl (C=O) groups is 2. The predicted molar refractivity (Wildman–Crippen MR) is 124 cm³/mol. The van der Waals surface area contributed by atoms with Crippen LogP contribution in [0.5, 0.6) is 0 Å². The van der Waals surface area contributed by atoms with Gasteiger partial charge in [0.25, 0.3) is 11.8 Å². The second-order valence-electron chi connectivity index (χ2n) is 7.32. The van der Waals surface area contributed by atoms with Gasteiger partial charge < -0.3 is 11.1 Å². The molecule has 9 nitrogen and oxygen atoms in total. The zero-order valence-corrected chi connectivity index (χ0v) is 20.4. The van der Waals surface area contributed by atoms with E-state index in [0.29, 0.717) is 33.6 Å². The second kappa shape index (κ2) is 8.51. The first kappa shape index (κ1) is 23.9. The zero-order valence-electron chi connectivity index (χ0n) is 18.0. The van der Waals surface area contributed by atoms with Crippen LogP contribution in [-0.4, -0.2) is 36.4 Å². The van der Waals surface area contributed by atoms with Gasteiger partial charge in [-0.2, -0.15) is 23.4 Å². The van der Waals surface area contributed by atoms with Gasteiger partial charge in [-0.1, -0.05) is 0 Å². The summed E-state index contributed by atoms with van der Waals surface area (Å²) in [5.41, 5.74) is 5.51. The molecule has 0 bridgehead atoms. The molecule has 4 aromatic rings. The molecule has 0 aliphatic rings. The van der Waals surface area contributed by atoms with Gasteiger partial charge >= 0.3 is 6.18 Å². The van der Waals surface area contributed by atoms with E-state index in [1.807, 2.05) is 6.92 Å². The molecule has 2 amide bonds. The summed E-state index contributed by atoms with van der Waals surface area (Å²) < 4.78 is 44.4. The number of pyridine rings is 1. The van der Waals surface area contributed by atoms with Crippen LogP contribution in [-0.2, 0) is 19.8 Å². The number of alkyl halides is 3. The number of amides is 2. The van der Waals surface area contributed by atoms with E-state index in [1.165, 1.54) is 10.9 Å². The van der Waals surface area contributed by atoms with Crippen molar-refractivity contribution in [1.82, 2.24) is 24.5 Å². The number of aromatic nitrogens is 5. The number of nitrogens with zero attached hydrogens (tertiary/aromatic N) is 5. The molecule has 0 fully saturated rings. The molecule has 3 N–H and O–H groups in total. The third-order valence-corrected chi connectivity index (χ3v) is 6.79. The molecule has 34 heavy (non-hydrogen) atoms. The number of rotatable bonds is 5. The van der Waals surface area contributed by atoms with Crippen LogP contribution in [0.1, 0.15) is 38.5 Å². The van der Waals surface area contributed by atoms with Crippen LogP contribution in [0.3, 0.4) is 0 Å². The van der Waals surface area contributed by atoms with Crippen LogP contribution >= 0.6 is 27.3 Å². The number of carbonyl (C=O) groups excluding carboxylic acids is 2. The van der Waals surface area contributed by atoms with E-state index < -0.39 is 23.7 Å². The average Bonchev–Trinajstić information content (AvgIpc) is 3.41. The lowest BCUT2D eigenvalue weighted by molar-refractivity contribution is -0.140. The Balaban J connectivity index is 2.02. The number of primary amides is 1.